The van der Waals surface area contributed by atoms with Gasteiger partial charge in [0.25, 0.3) is 0 Å². The number of benzene rings is 1. The number of sulfonamides is 1. The molecule has 1 unspecified atom stereocenters. The van der Waals surface area contributed by atoms with Crippen molar-refractivity contribution in [1.82, 2.24) is 9.62 Å². The van der Waals surface area contributed by atoms with E-state index in [9.17, 15) is 13.2 Å². The number of aryl methyl sites for hydroxylation is 3. The fourth-order valence-electron chi connectivity index (χ4n) is 3.64. The van der Waals surface area contributed by atoms with E-state index in [2.05, 4.69) is 5.32 Å². The van der Waals surface area contributed by atoms with Crippen molar-refractivity contribution in [2.75, 3.05) is 19.6 Å². The lowest BCUT2D eigenvalue weighted by Gasteiger charge is -2.35. The Bertz CT molecular complexity index is 708. The molecule has 0 spiro atoms. The van der Waals surface area contributed by atoms with Gasteiger partial charge in [-0.25, -0.2) is 8.42 Å². The molecule has 1 atom stereocenters. The van der Waals surface area contributed by atoms with Gasteiger partial charge in [-0.2, -0.15) is 4.31 Å². The molecule has 140 valence electrons. The minimum atomic E-state index is -3.59. The Hall–Kier alpha value is -1.44. The molecule has 0 bridgehead atoms. The molecule has 0 saturated carbocycles. The highest BCUT2D eigenvalue weighted by atomic mass is 32.2. The van der Waals surface area contributed by atoms with E-state index in [1.807, 2.05) is 32.9 Å². The average Bonchev–Trinajstić information content (AvgIpc) is 2.52. The van der Waals surface area contributed by atoms with Crippen molar-refractivity contribution in [2.24, 2.45) is 5.73 Å². The van der Waals surface area contributed by atoms with Crippen LogP contribution in [-0.2, 0) is 14.8 Å². The summed E-state index contributed by atoms with van der Waals surface area (Å²) in [7, 11) is -3.59. The molecule has 0 aliphatic carbocycles. The molecule has 1 saturated heterocycles. The van der Waals surface area contributed by atoms with Gasteiger partial charge in [-0.3, -0.25) is 4.79 Å². The van der Waals surface area contributed by atoms with E-state index < -0.39 is 10.0 Å². The van der Waals surface area contributed by atoms with Gasteiger partial charge in [-0.1, -0.05) is 24.1 Å². The number of piperidine rings is 1. The van der Waals surface area contributed by atoms with Gasteiger partial charge in [0.1, 0.15) is 0 Å². The molecule has 1 aliphatic heterocycles. The van der Waals surface area contributed by atoms with Gasteiger partial charge >= 0.3 is 0 Å². The highest BCUT2D eigenvalue weighted by molar-refractivity contribution is 7.89. The van der Waals surface area contributed by atoms with E-state index in [-0.39, 0.29) is 18.4 Å². The molecule has 1 fully saturated rings. The zero-order valence-electron chi connectivity index (χ0n) is 15.3. The number of hydrogen-bond acceptors (Lipinski definition) is 4. The van der Waals surface area contributed by atoms with Gasteiger partial charge < -0.3 is 11.1 Å². The highest BCUT2D eigenvalue weighted by Crippen LogP contribution is 2.29. The number of nitrogens with one attached hydrogen (secondary N) is 1. The second-order valence-corrected chi connectivity index (χ2v) is 8.66. The SMILES string of the molecule is Cc1cc(C)c(S(=O)(=O)N2CCCCC2CNC(=O)CCN)c(C)c1. The smallest absolute Gasteiger partial charge is 0.243 e. The molecule has 1 aromatic carbocycles. The Morgan fingerprint density at radius 1 is 1.24 bits per heavy atom. The van der Waals surface area contributed by atoms with Crippen molar-refractivity contribution in [3.63, 3.8) is 0 Å². The Morgan fingerprint density at radius 3 is 2.48 bits per heavy atom. The third kappa shape index (κ3) is 4.59. The minimum Gasteiger partial charge on any atom is -0.354 e. The average molecular weight is 368 g/mol. The van der Waals surface area contributed by atoms with Crippen LogP contribution in [0.25, 0.3) is 0 Å². The summed E-state index contributed by atoms with van der Waals surface area (Å²) in [6.07, 6.45) is 2.83. The van der Waals surface area contributed by atoms with Crippen LogP contribution in [0.5, 0.6) is 0 Å². The van der Waals surface area contributed by atoms with Crippen LogP contribution >= 0.6 is 0 Å². The van der Waals surface area contributed by atoms with Crippen LogP contribution < -0.4 is 11.1 Å². The summed E-state index contributed by atoms with van der Waals surface area (Å²) >= 11 is 0. The maximum absolute atomic E-state index is 13.3. The Morgan fingerprint density at radius 2 is 1.88 bits per heavy atom. The fraction of sp³-hybridized carbons (Fsp3) is 0.611. The quantitative estimate of drug-likeness (QED) is 0.799. The number of rotatable bonds is 6. The molecule has 0 aromatic heterocycles. The summed E-state index contributed by atoms with van der Waals surface area (Å²) < 4.78 is 28.2. The third-order valence-electron chi connectivity index (χ3n) is 4.65. The molecule has 1 amide bonds. The highest BCUT2D eigenvalue weighted by Gasteiger charge is 2.35. The number of carbonyl (C=O) groups excluding carboxylic acids is 1. The van der Waals surface area contributed by atoms with Crippen molar-refractivity contribution in [1.29, 1.82) is 0 Å². The Kier molecular flexibility index (Phi) is 6.59. The molecular weight excluding hydrogens is 338 g/mol. The molecule has 1 heterocycles. The lowest BCUT2D eigenvalue weighted by molar-refractivity contribution is -0.121. The van der Waals surface area contributed by atoms with E-state index in [1.165, 1.54) is 0 Å². The molecule has 7 heteroatoms. The van der Waals surface area contributed by atoms with Gasteiger partial charge in [-0.05, 0) is 44.7 Å². The van der Waals surface area contributed by atoms with Crippen LogP contribution in [0.15, 0.2) is 17.0 Å². The van der Waals surface area contributed by atoms with Crippen LogP contribution in [0.1, 0.15) is 42.4 Å². The second-order valence-electron chi connectivity index (χ2n) is 6.84. The van der Waals surface area contributed by atoms with E-state index in [4.69, 9.17) is 5.73 Å². The first-order valence-corrected chi connectivity index (χ1v) is 10.3. The normalized spacial score (nSPS) is 19.0. The van der Waals surface area contributed by atoms with Gasteiger partial charge in [0.15, 0.2) is 0 Å². The third-order valence-corrected chi connectivity index (χ3v) is 6.91. The number of amides is 1. The van der Waals surface area contributed by atoms with Gasteiger partial charge in [0.2, 0.25) is 15.9 Å². The van der Waals surface area contributed by atoms with E-state index in [0.29, 0.717) is 24.5 Å². The maximum Gasteiger partial charge on any atom is 0.243 e. The lowest BCUT2D eigenvalue weighted by Crippen LogP contribution is -2.49. The van der Waals surface area contributed by atoms with Crippen LogP contribution in [0, 0.1) is 20.8 Å². The first-order chi connectivity index (χ1) is 11.8. The largest absolute Gasteiger partial charge is 0.354 e. The van der Waals surface area contributed by atoms with E-state index in [0.717, 1.165) is 36.0 Å². The Labute approximate surface area is 150 Å². The van der Waals surface area contributed by atoms with Crippen LogP contribution in [-0.4, -0.2) is 44.3 Å². The second kappa shape index (κ2) is 8.29. The predicted octanol–water partition coefficient (Wildman–Crippen LogP) is 1.62. The van der Waals surface area contributed by atoms with Crippen molar-refractivity contribution in [3.8, 4) is 0 Å². The Balaban J connectivity index is 2.28. The van der Waals surface area contributed by atoms with Gasteiger partial charge in [0, 0.05) is 32.1 Å². The summed E-state index contributed by atoms with van der Waals surface area (Å²) in [4.78, 5) is 12.1. The first kappa shape index (κ1) is 19.9. The predicted molar refractivity (Wildman–Crippen MR) is 98.9 cm³/mol. The molecule has 1 aromatic rings. The summed E-state index contributed by atoms with van der Waals surface area (Å²) in [5.41, 5.74) is 7.99. The van der Waals surface area contributed by atoms with E-state index in [1.54, 1.807) is 4.31 Å². The molecule has 2 rings (SSSR count). The maximum atomic E-state index is 13.3. The monoisotopic (exact) mass is 367 g/mol. The standard InChI is InChI=1S/C18H29N3O3S/c1-13-10-14(2)18(15(3)11-13)25(23,24)21-9-5-4-6-16(21)12-20-17(22)7-8-19/h10-11,16H,4-9,12,19H2,1-3H3,(H,20,22). The molecule has 6 nitrogen and oxygen atoms in total. The van der Waals surface area contributed by atoms with Crippen molar-refractivity contribution >= 4 is 15.9 Å². The minimum absolute atomic E-state index is 0.131. The number of nitrogens with zero attached hydrogens (tertiary/aromatic N) is 1. The summed E-state index contributed by atoms with van der Waals surface area (Å²) in [6.45, 7) is 6.77. The lowest BCUT2D eigenvalue weighted by atomic mass is 10.1. The molecule has 1 aliphatic rings. The number of carbonyl (C=O) groups is 1. The molecular formula is C18H29N3O3S. The number of hydrogen-bond donors (Lipinski definition) is 2. The molecule has 25 heavy (non-hydrogen) atoms. The summed E-state index contributed by atoms with van der Waals surface area (Å²) in [6, 6.07) is 3.60. The van der Waals surface area contributed by atoms with Crippen LogP contribution in [0.3, 0.4) is 0 Å². The zero-order valence-corrected chi connectivity index (χ0v) is 16.2. The number of nitrogens with two attached hydrogens (primary N) is 1. The van der Waals surface area contributed by atoms with Gasteiger partial charge in [-0.15, -0.1) is 0 Å². The molecule has 0 radical (unpaired) electrons. The fourth-order valence-corrected chi connectivity index (χ4v) is 5.74. The van der Waals surface area contributed by atoms with Gasteiger partial charge in [0.05, 0.1) is 4.90 Å². The van der Waals surface area contributed by atoms with Crippen LogP contribution in [0.4, 0.5) is 0 Å². The summed E-state index contributed by atoms with van der Waals surface area (Å²) in [5, 5.41) is 2.82. The van der Waals surface area contributed by atoms with E-state index >= 15 is 0 Å². The molecule has 3 N–H and O–H groups in total. The first-order valence-electron chi connectivity index (χ1n) is 8.84. The van der Waals surface area contributed by atoms with Crippen molar-refractivity contribution in [2.45, 2.75) is 57.4 Å². The summed E-state index contributed by atoms with van der Waals surface area (Å²) in [5.74, 6) is -0.131. The van der Waals surface area contributed by atoms with Crippen molar-refractivity contribution in [3.05, 3.63) is 28.8 Å². The topological polar surface area (TPSA) is 92.5 Å². The van der Waals surface area contributed by atoms with Crippen LogP contribution in [0.2, 0.25) is 0 Å². The van der Waals surface area contributed by atoms with Crippen molar-refractivity contribution < 1.29 is 13.2 Å². The zero-order chi connectivity index (χ0) is 18.6.